The lowest BCUT2D eigenvalue weighted by Gasteiger charge is -2.38. The second kappa shape index (κ2) is 6.22. The molecule has 3 N–H and O–H groups in total. The van der Waals surface area contributed by atoms with E-state index in [1.165, 1.54) is 19.4 Å². The summed E-state index contributed by atoms with van der Waals surface area (Å²) in [7, 11) is 0. The summed E-state index contributed by atoms with van der Waals surface area (Å²) in [5.74, 6) is 6.78. The number of nitrogens with two attached hydrogens (primary N) is 1. The predicted molar refractivity (Wildman–Crippen MR) is 76.9 cm³/mol. The van der Waals surface area contributed by atoms with Gasteiger partial charge in [0.15, 0.2) is 0 Å². The van der Waals surface area contributed by atoms with Crippen LogP contribution in [0.2, 0.25) is 0 Å². The highest BCUT2D eigenvalue weighted by atomic mass is 16.5. The Labute approximate surface area is 120 Å². The molecule has 0 amide bonds. The Morgan fingerprint density at radius 3 is 3.30 bits per heavy atom. The zero-order chi connectivity index (χ0) is 13.9. The summed E-state index contributed by atoms with van der Waals surface area (Å²) in [5, 5.41) is 0. The van der Waals surface area contributed by atoms with Gasteiger partial charge >= 0.3 is 0 Å². The second-order valence-electron chi connectivity index (χ2n) is 5.79. The third-order valence-corrected chi connectivity index (χ3v) is 4.46. The van der Waals surface area contributed by atoms with Gasteiger partial charge in [0.25, 0.3) is 0 Å². The van der Waals surface area contributed by atoms with Gasteiger partial charge in [-0.3, -0.25) is 10.7 Å². The number of rotatable bonds is 5. The minimum atomic E-state index is -0.0434. The molecule has 2 aliphatic heterocycles. The molecule has 112 valence electrons. The molecule has 3 heterocycles. The van der Waals surface area contributed by atoms with Gasteiger partial charge in [-0.2, -0.15) is 0 Å². The molecule has 0 saturated carbocycles. The van der Waals surface area contributed by atoms with E-state index in [0.29, 0.717) is 6.04 Å². The van der Waals surface area contributed by atoms with Crippen LogP contribution >= 0.6 is 0 Å². The maximum Gasteiger partial charge on any atom is 0.129 e. The zero-order valence-electron chi connectivity index (χ0n) is 12.2. The average Bonchev–Trinajstić information content (AvgIpc) is 3.09. The van der Waals surface area contributed by atoms with Crippen LogP contribution in [-0.4, -0.2) is 46.3 Å². The number of hydrogen-bond acceptors (Lipinski definition) is 5. The third-order valence-electron chi connectivity index (χ3n) is 4.46. The molecule has 0 spiro atoms. The summed E-state index contributed by atoms with van der Waals surface area (Å²) >= 11 is 0. The van der Waals surface area contributed by atoms with Crippen LogP contribution < -0.4 is 11.3 Å². The quantitative estimate of drug-likeness (QED) is 0.612. The number of morpholine rings is 1. The minimum absolute atomic E-state index is 0.0434. The second-order valence-corrected chi connectivity index (χ2v) is 5.79. The number of hydrogen-bond donors (Lipinski definition) is 2. The van der Waals surface area contributed by atoms with Crippen LogP contribution in [0.25, 0.3) is 0 Å². The first kappa shape index (κ1) is 14.0. The SMILES string of the molecule is CCCn1ccnc1C(NN)C1CN2CCCC2CO1. The van der Waals surface area contributed by atoms with Crippen molar-refractivity contribution >= 4 is 0 Å². The monoisotopic (exact) mass is 279 g/mol. The van der Waals surface area contributed by atoms with Crippen molar-refractivity contribution in [2.45, 2.75) is 50.9 Å². The first-order chi connectivity index (χ1) is 9.83. The van der Waals surface area contributed by atoms with Crippen molar-refractivity contribution in [2.24, 2.45) is 5.84 Å². The Balaban J connectivity index is 1.74. The molecule has 2 fully saturated rings. The normalized spacial score (nSPS) is 28.5. The van der Waals surface area contributed by atoms with Crippen molar-refractivity contribution in [3.8, 4) is 0 Å². The van der Waals surface area contributed by atoms with E-state index in [1.807, 2.05) is 12.4 Å². The highest BCUT2D eigenvalue weighted by Crippen LogP contribution is 2.28. The molecule has 3 atom stereocenters. The van der Waals surface area contributed by atoms with Crippen LogP contribution in [0.1, 0.15) is 38.1 Å². The van der Waals surface area contributed by atoms with Crippen molar-refractivity contribution in [3.05, 3.63) is 18.2 Å². The average molecular weight is 279 g/mol. The van der Waals surface area contributed by atoms with Gasteiger partial charge in [0.05, 0.1) is 12.7 Å². The molecule has 1 aromatic heterocycles. The van der Waals surface area contributed by atoms with Gasteiger partial charge in [-0.1, -0.05) is 6.92 Å². The smallest absolute Gasteiger partial charge is 0.129 e. The first-order valence-corrected chi connectivity index (χ1v) is 7.66. The number of imidazole rings is 1. The lowest BCUT2D eigenvalue weighted by molar-refractivity contribution is -0.0670. The van der Waals surface area contributed by atoms with Crippen LogP contribution in [0.15, 0.2) is 12.4 Å². The summed E-state index contributed by atoms with van der Waals surface area (Å²) in [4.78, 5) is 7.02. The van der Waals surface area contributed by atoms with Gasteiger partial charge in [-0.05, 0) is 25.8 Å². The Kier molecular flexibility index (Phi) is 4.35. The van der Waals surface area contributed by atoms with Crippen molar-refractivity contribution < 1.29 is 4.74 Å². The topological polar surface area (TPSA) is 68.3 Å². The van der Waals surface area contributed by atoms with E-state index < -0.39 is 0 Å². The number of aromatic nitrogens is 2. The van der Waals surface area contributed by atoms with E-state index in [1.54, 1.807) is 0 Å². The van der Waals surface area contributed by atoms with Crippen LogP contribution in [0.3, 0.4) is 0 Å². The Bertz CT molecular complexity index is 435. The van der Waals surface area contributed by atoms with Gasteiger partial charge < -0.3 is 9.30 Å². The van der Waals surface area contributed by atoms with E-state index in [2.05, 4.69) is 26.8 Å². The molecule has 6 nitrogen and oxygen atoms in total. The first-order valence-electron chi connectivity index (χ1n) is 7.66. The van der Waals surface area contributed by atoms with Gasteiger partial charge in [-0.25, -0.2) is 10.4 Å². The number of aryl methyl sites for hydroxylation is 1. The molecular weight excluding hydrogens is 254 g/mol. The van der Waals surface area contributed by atoms with E-state index in [-0.39, 0.29) is 12.1 Å². The van der Waals surface area contributed by atoms with E-state index in [0.717, 1.165) is 31.9 Å². The van der Waals surface area contributed by atoms with Crippen LogP contribution in [0.5, 0.6) is 0 Å². The predicted octanol–water partition coefficient (Wildman–Crippen LogP) is 0.661. The van der Waals surface area contributed by atoms with E-state index in [4.69, 9.17) is 10.6 Å². The molecule has 0 aromatic carbocycles. The fourth-order valence-corrected chi connectivity index (χ4v) is 3.42. The Morgan fingerprint density at radius 1 is 1.60 bits per heavy atom. The highest BCUT2D eigenvalue weighted by Gasteiger charge is 2.37. The fraction of sp³-hybridized carbons (Fsp3) is 0.786. The molecule has 0 aliphatic carbocycles. The van der Waals surface area contributed by atoms with Crippen LogP contribution in [-0.2, 0) is 11.3 Å². The lowest BCUT2D eigenvalue weighted by atomic mass is 10.1. The molecule has 2 saturated heterocycles. The van der Waals surface area contributed by atoms with Crippen molar-refractivity contribution in [1.82, 2.24) is 19.9 Å². The van der Waals surface area contributed by atoms with Gasteiger partial charge in [0.1, 0.15) is 11.9 Å². The maximum atomic E-state index is 6.06. The standard InChI is InChI=1S/C14H25N5O/c1-2-6-18-8-5-16-14(18)13(17-15)12-9-19-7-3-4-11(19)10-20-12/h5,8,11-13,17H,2-4,6-7,9-10,15H2,1H3. The summed E-state index contributed by atoms with van der Waals surface area (Å²) in [6.07, 6.45) is 7.57. The van der Waals surface area contributed by atoms with Crippen molar-refractivity contribution in [2.75, 3.05) is 19.7 Å². The molecule has 0 bridgehead atoms. The third kappa shape index (κ3) is 2.61. The van der Waals surface area contributed by atoms with Gasteiger partial charge in [0, 0.05) is 31.5 Å². The zero-order valence-corrected chi connectivity index (χ0v) is 12.2. The van der Waals surface area contributed by atoms with Crippen LogP contribution in [0, 0.1) is 0 Å². The summed E-state index contributed by atoms with van der Waals surface area (Å²) < 4.78 is 8.23. The van der Waals surface area contributed by atoms with E-state index in [9.17, 15) is 0 Å². The molecule has 6 heteroatoms. The Morgan fingerprint density at radius 2 is 2.50 bits per heavy atom. The Hall–Kier alpha value is -0.950. The number of hydrazine groups is 1. The van der Waals surface area contributed by atoms with Crippen molar-refractivity contribution in [3.63, 3.8) is 0 Å². The largest absolute Gasteiger partial charge is 0.373 e. The summed E-state index contributed by atoms with van der Waals surface area (Å²) in [6, 6.07) is 0.568. The summed E-state index contributed by atoms with van der Waals surface area (Å²) in [6.45, 7) is 6.08. The minimum Gasteiger partial charge on any atom is -0.373 e. The molecule has 3 rings (SSSR count). The van der Waals surface area contributed by atoms with Crippen LogP contribution in [0.4, 0.5) is 0 Å². The molecule has 20 heavy (non-hydrogen) atoms. The molecular formula is C14H25N5O. The van der Waals surface area contributed by atoms with Gasteiger partial charge in [0.2, 0.25) is 0 Å². The number of nitrogens with zero attached hydrogens (tertiary/aromatic N) is 3. The summed E-state index contributed by atoms with van der Waals surface area (Å²) in [5.41, 5.74) is 2.92. The number of nitrogens with one attached hydrogen (secondary N) is 1. The van der Waals surface area contributed by atoms with E-state index >= 15 is 0 Å². The molecule has 1 aromatic rings. The highest BCUT2D eigenvalue weighted by molar-refractivity contribution is 5.04. The van der Waals surface area contributed by atoms with Crippen molar-refractivity contribution in [1.29, 1.82) is 0 Å². The maximum absolute atomic E-state index is 6.06. The molecule has 2 aliphatic rings. The van der Waals surface area contributed by atoms with Gasteiger partial charge in [-0.15, -0.1) is 0 Å². The number of fused-ring (bicyclic) bond motifs is 1. The lowest BCUT2D eigenvalue weighted by Crippen LogP contribution is -2.52. The molecule has 3 unspecified atom stereocenters. The molecule has 0 radical (unpaired) electrons. The number of ether oxygens (including phenoxy) is 1. The fourth-order valence-electron chi connectivity index (χ4n) is 3.42.